The average molecular weight is 838 g/mol. The Kier molecular flexibility index (Phi) is 6.66. The minimum atomic E-state index is -0.529. The SMILES string of the molecule is NC(=O)c1nc2n(c1C1CC1)C1CC(C1)c1cc(F)c(Br)cc1-2.NC(=O)c1nc2n(c1I)C1CC(C1)c1cc(F)c(Br)cc1-2. The first-order chi connectivity index (χ1) is 21.0. The van der Waals surface area contributed by atoms with Crippen molar-refractivity contribution in [2.75, 3.05) is 0 Å². The van der Waals surface area contributed by atoms with Crippen molar-refractivity contribution in [3.05, 3.63) is 76.8 Å². The van der Waals surface area contributed by atoms with Gasteiger partial charge in [0, 0.05) is 29.1 Å². The molecule has 4 bridgehead atoms. The second-order valence-corrected chi connectivity index (χ2v) is 15.1. The molecular formula is C31H25Br2F2IN6O2. The lowest BCUT2D eigenvalue weighted by Crippen LogP contribution is -2.25. The van der Waals surface area contributed by atoms with Crippen molar-refractivity contribution in [3.63, 3.8) is 0 Å². The van der Waals surface area contributed by atoms with Crippen molar-refractivity contribution in [1.82, 2.24) is 19.1 Å². The topological polar surface area (TPSA) is 122 Å². The zero-order valence-corrected chi connectivity index (χ0v) is 28.4. The molecule has 0 unspecified atom stereocenters. The maximum atomic E-state index is 14.0. The van der Waals surface area contributed by atoms with Gasteiger partial charge in [-0.1, -0.05) is 0 Å². The third-order valence-electron chi connectivity index (χ3n) is 9.73. The number of amides is 2. The summed E-state index contributed by atoms with van der Waals surface area (Å²) in [6.07, 6.45) is 6.03. The molecule has 2 aromatic heterocycles. The summed E-state index contributed by atoms with van der Waals surface area (Å²) in [5.74, 6) is 1.13. The van der Waals surface area contributed by atoms with E-state index in [2.05, 4.69) is 73.6 Å². The Bertz CT molecular complexity index is 1940. The fraction of sp³-hybridized carbons (Fsp3) is 0.355. The van der Waals surface area contributed by atoms with E-state index in [0.717, 1.165) is 76.0 Å². The number of nitrogens with two attached hydrogens (primary N) is 2. The zero-order chi connectivity index (χ0) is 30.8. The van der Waals surface area contributed by atoms with Crippen LogP contribution in [-0.4, -0.2) is 30.9 Å². The molecule has 4 aromatic rings. The summed E-state index contributed by atoms with van der Waals surface area (Å²) < 4.78 is 33.8. The van der Waals surface area contributed by atoms with Gasteiger partial charge in [-0.25, -0.2) is 18.7 Å². The van der Waals surface area contributed by atoms with E-state index in [1.807, 2.05) is 0 Å². The molecule has 4 N–H and O–H groups in total. The van der Waals surface area contributed by atoms with E-state index >= 15 is 0 Å². The molecule has 0 spiro atoms. The van der Waals surface area contributed by atoms with Crippen LogP contribution in [0.5, 0.6) is 0 Å². The van der Waals surface area contributed by atoms with Gasteiger partial charge in [0.2, 0.25) is 0 Å². The first kappa shape index (κ1) is 28.8. The number of hydrogen-bond donors (Lipinski definition) is 2. The monoisotopic (exact) mass is 836 g/mol. The van der Waals surface area contributed by atoms with Gasteiger partial charge in [-0.05, 0) is 140 Å². The Morgan fingerprint density at radius 3 is 1.68 bits per heavy atom. The van der Waals surface area contributed by atoms with Crippen LogP contribution < -0.4 is 11.5 Å². The number of hydrogen-bond acceptors (Lipinski definition) is 4. The number of imidazole rings is 2. The molecule has 3 aliphatic carbocycles. The van der Waals surface area contributed by atoms with Crippen molar-refractivity contribution >= 4 is 66.3 Å². The van der Waals surface area contributed by atoms with Gasteiger partial charge >= 0.3 is 0 Å². The molecule has 3 saturated carbocycles. The van der Waals surface area contributed by atoms with E-state index in [1.165, 1.54) is 0 Å². The third-order valence-corrected chi connectivity index (χ3v) is 12.0. The maximum Gasteiger partial charge on any atom is 0.270 e. The summed E-state index contributed by atoms with van der Waals surface area (Å²) in [6.45, 7) is 0. The van der Waals surface area contributed by atoms with Crippen molar-refractivity contribution < 1.29 is 18.4 Å². The van der Waals surface area contributed by atoms with Crippen LogP contribution in [0.3, 0.4) is 0 Å². The maximum absolute atomic E-state index is 14.0. The van der Waals surface area contributed by atoms with Crippen molar-refractivity contribution in [2.45, 2.75) is 68.4 Å². The lowest BCUT2D eigenvalue weighted by Gasteiger charge is -2.35. The smallest absolute Gasteiger partial charge is 0.270 e. The second-order valence-electron chi connectivity index (χ2n) is 12.3. The molecule has 13 heteroatoms. The fourth-order valence-electron chi connectivity index (χ4n) is 7.32. The highest BCUT2D eigenvalue weighted by Gasteiger charge is 2.44. The van der Waals surface area contributed by atoms with Crippen LogP contribution in [0, 0.1) is 15.3 Å². The molecule has 226 valence electrons. The quantitative estimate of drug-likeness (QED) is 0.208. The number of carbonyl (C=O) groups is 2. The van der Waals surface area contributed by atoms with Gasteiger partial charge in [0.25, 0.3) is 11.8 Å². The van der Waals surface area contributed by atoms with Crippen LogP contribution in [0.25, 0.3) is 22.8 Å². The van der Waals surface area contributed by atoms with Crippen LogP contribution in [0.15, 0.2) is 33.2 Å². The molecule has 0 saturated heterocycles. The zero-order valence-electron chi connectivity index (χ0n) is 23.1. The Hall–Kier alpha value is -2.65. The summed E-state index contributed by atoms with van der Waals surface area (Å²) >= 11 is 8.63. The van der Waals surface area contributed by atoms with E-state index in [-0.39, 0.29) is 11.6 Å². The molecule has 44 heavy (non-hydrogen) atoms. The first-order valence-electron chi connectivity index (χ1n) is 14.5. The minimum Gasteiger partial charge on any atom is -0.364 e. The molecule has 6 heterocycles. The van der Waals surface area contributed by atoms with Crippen LogP contribution in [0.1, 0.15) is 106 Å². The number of rotatable bonds is 3. The highest BCUT2D eigenvalue weighted by atomic mass is 127. The van der Waals surface area contributed by atoms with Crippen LogP contribution in [0.2, 0.25) is 0 Å². The van der Waals surface area contributed by atoms with E-state index in [0.29, 0.717) is 56.0 Å². The first-order valence-corrected chi connectivity index (χ1v) is 17.2. The summed E-state index contributed by atoms with van der Waals surface area (Å²) in [5, 5.41) is 0. The van der Waals surface area contributed by atoms with Crippen LogP contribution in [-0.2, 0) is 0 Å². The average Bonchev–Trinajstić information content (AvgIpc) is 3.68. The molecule has 0 atom stereocenters. The normalized spacial score (nSPS) is 23.3. The van der Waals surface area contributed by atoms with Gasteiger partial charge < -0.3 is 20.6 Å². The van der Waals surface area contributed by atoms with Gasteiger partial charge in [-0.3, -0.25) is 9.59 Å². The molecule has 3 fully saturated rings. The Morgan fingerprint density at radius 2 is 1.20 bits per heavy atom. The molecule has 11 rings (SSSR count). The predicted molar refractivity (Wildman–Crippen MR) is 174 cm³/mol. The molecule has 2 amide bonds. The largest absolute Gasteiger partial charge is 0.364 e. The Labute approximate surface area is 281 Å². The van der Waals surface area contributed by atoms with Gasteiger partial charge in [0.15, 0.2) is 5.69 Å². The van der Waals surface area contributed by atoms with Gasteiger partial charge in [0.1, 0.15) is 32.7 Å². The van der Waals surface area contributed by atoms with Crippen LogP contribution >= 0.6 is 54.5 Å². The molecular weight excluding hydrogens is 813 g/mol. The van der Waals surface area contributed by atoms with Crippen LogP contribution in [0.4, 0.5) is 8.78 Å². The van der Waals surface area contributed by atoms with E-state index in [4.69, 9.17) is 11.5 Å². The lowest BCUT2D eigenvalue weighted by molar-refractivity contribution is 0.0986. The summed E-state index contributed by atoms with van der Waals surface area (Å²) in [5.41, 5.74) is 16.5. The highest BCUT2D eigenvalue weighted by molar-refractivity contribution is 14.1. The number of carbonyl (C=O) groups excluding carboxylic acids is 2. The van der Waals surface area contributed by atoms with Gasteiger partial charge in [-0.15, -0.1) is 0 Å². The van der Waals surface area contributed by atoms with E-state index < -0.39 is 11.8 Å². The summed E-state index contributed by atoms with van der Waals surface area (Å²) in [4.78, 5) is 32.5. The van der Waals surface area contributed by atoms with E-state index in [9.17, 15) is 18.4 Å². The molecule has 8 nitrogen and oxygen atoms in total. The van der Waals surface area contributed by atoms with Crippen molar-refractivity contribution in [3.8, 4) is 22.8 Å². The molecule has 7 aliphatic rings. The number of aromatic nitrogens is 4. The predicted octanol–water partition coefficient (Wildman–Crippen LogP) is 7.45. The number of benzene rings is 2. The van der Waals surface area contributed by atoms with Gasteiger partial charge in [-0.2, -0.15) is 0 Å². The molecule has 0 radical (unpaired) electrons. The summed E-state index contributed by atoms with van der Waals surface area (Å²) in [7, 11) is 0. The lowest BCUT2D eigenvalue weighted by atomic mass is 9.75. The summed E-state index contributed by atoms with van der Waals surface area (Å²) in [6, 6.07) is 7.41. The standard InChI is InChI=1S/C17H15BrFN3O.C14H10BrFIN3O/c18-12-5-11-10(6-13(12)19)8-3-9(4-8)22-15(7-1-2-7)14(16(20)23)21-17(11)22;15-9-3-8-7(4-10(9)16)5-1-6(2-5)20-12(17)11(13(18)21)19-14(8)20/h5-9H,1-4H2,(H2,20,23);3-6H,1-2H2,(H2,18,21). The third kappa shape index (κ3) is 4.28. The van der Waals surface area contributed by atoms with Crippen molar-refractivity contribution in [2.24, 2.45) is 11.5 Å². The van der Waals surface area contributed by atoms with E-state index in [1.54, 1.807) is 24.3 Å². The minimum absolute atomic E-state index is 0.246. The Balaban J connectivity index is 0.000000132. The molecule has 4 aliphatic heterocycles. The number of primary amides is 2. The highest BCUT2D eigenvalue weighted by Crippen LogP contribution is 2.56. The fourth-order valence-corrected chi connectivity index (χ4v) is 9.01. The second kappa shape index (κ2) is 10.2. The number of halogens is 5. The number of nitrogens with zero attached hydrogens (tertiary/aromatic N) is 4. The molecule has 2 aromatic carbocycles. The van der Waals surface area contributed by atoms with Gasteiger partial charge in [0.05, 0.1) is 14.6 Å². The van der Waals surface area contributed by atoms with Crippen molar-refractivity contribution in [1.29, 1.82) is 0 Å². The Morgan fingerprint density at radius 1 is 0.750 bits per heavy atom.